The van der Waals surface area contributed by atoms with Crippen LogP contribution in [0.15, 0.2) is 53.5 Å². The van der Waals surface area contributed by atoms with Crippen LogP contribution in [0.5, 0.6) is 5.75 Å². The second-order valence-corrected chi connectivity index (χ2v) is 6.03. The first-order valence-corrected chi connectivity index (χ1v) is 8.81. The summed E-state index contributed by atoms with van der Waals surface area (Å²) in [4.78, 5) is 15.8. The van der Waals surface area contributed by atoms with Crippen molar-refractivity contribution in [3.8, 4) is 5.75 Å². The zero-order valence-corrected chi connectivity index (χ0v) is 15.5. The number of ether oxygens (including phenoxy) is 1. The van der Waals surface area contributed by atoms with Gasteiger partial charge in [-0.15, -0.1) is 0 Å². The van der Waals surface area contributed by atoms with E-state index in [1.165, 1.54) is 12.1 Å². The molecule has 0 saturated heterocycles. The number of hydrogen-bond acceptors (Lipinski definition) is 3. The van der Waals surface area contributed by atoms with Crippen LogP contribution in [0, 0.1) is 5.82 Å². The molecule has 0 saturated carbocycles. The fourth-order valence-electron chi connectivity index (χ4n) is 2.39. The van der Waals surface area contributed by atoms with Crippen LogP contribution in [0.3, 0.4) is 0 Å². The molecule has 0 radical (unpaired) electrons. The molecular weight excluding hydrogens is 347 g/mol. The Morgan fingerprint density at radius 1 is 1.22 bits per heavy atom. The Bertz CT molecular complexity index is 795. The minimum absolute atomic E-state index is 0.186. The molecule has 0 bridgehead atoms. The molecule has 144 valence electrons. The van der Waals surface area contributed by atoms with Crippen LogP contribution in [0.4, 0.5) is 4.39 Å². The van der Waals surface area contributed by atoms with Crippen molar-refractivity contribution in [2.45, 2.75) is 26.5 Å². The number of hydrogen-bond donors (Lipinski definition) is 3. The number of nitrogens with two attached hydrogens (primary N) is 1. The van der Waals surface area contributed by atoms with Gasteiger partial charge in [-0.3, -0.25) is 4.79 Å². The van der Waals surface area contributed by atoms with Gasteiger partial charge in [0.05, 0.1) is 13.1 Å². The van der Waals surface area contributed by atoms with Crippen molar-refractivity contribution in [3.05, 3.63) is 65.5 Å². The maximum Gasteiger partial charge on any atom is 0.248 e. The van der Waals surface area contributed by atoms with Gasteiger partial charge in [-0.1, -0.05) is 18.2 Å². The van der Waals surface area contributed by atoms with Crippen molar-refractivity contribution in [3.63, 3.8) is 0 Å². The third kappa shape index (κ3) is 6.97. The summed E-state index contributed by atoms with van der Waals surface area (Å²) in [7, 11) is 0. The molecule has 1 unspecified atom stereocenters. The van der Waals surface area contributed by atoms with Gasteiger partial charge in [0, 0.05) is 18.2 Å². The predicted molar refractivity (Wildman–Crippen MR) is 104 cm³/mol. The third-order valence-electron chi connectivity index (χ3n) is 3.67. The highest BCUT2D eigenvalue weighted by molar-refractivity contribution is 5.92. The maximum absolute atomic E-state index is 13.2. The van der Waals surface area contributed by atoms with Gasteiger partial charge in [-0.05, 0) is 43.7 Å². The highest BCUT2D eigenvalue weighted by Crippen LogP contribution is 2.13. The molecular formula is C20H25FN4O2. The molecule has 0 aliphatic heterocycles. The highest BCUT2D eigenvalue weighted by Gasteiger charge is 2.07. The van der Waals surface area contributed by atoms with Crippen LogP contribution in [0.1, 0.15) is 29.8 Å². The number of amides is 1. The molecule has 0 heterocycles. The van der Waals surface area contributed by atoms with E-state index in [0.717, 1.165) is 5.56 Å². The summed E-state index contributed by atoms with van der Waals surface area (Å²) in [5, 5.41) is 6.34. The van der Waals surface area contributed by atoms with Gasteiger partial charge in [-0.25, -0.2) is 9.38 Å². The summed E-state index contributed by atoms with van der Waals surface area (Å²) in [6.07, 6.45) is -0.186. The number of nitrogens with one attached hydrogen (secondary N) is 2. The first-order chi connectivity index (χ1) is 13.0. The number of rotatable bonds is 8. The van der Waals surface area contributed by atoms with E-state index in [1.54, 1.807) is 30.3 Å². The molecule has 7 heteroatoms. The van der Waals surface area contributed by atoms with Crippen molar-refractivity contribution in [2.24, 2.45) is 10.7 Å². The SMILES string of the molecule is CCNC(=NCc1cccc(C(N)=O)c1)NCC(C)Oc1cccc(F)c1. The molecule has 0 fully saturated rings. The number of aliphatic imine (C=N–C) groups is 1. The Balaban J connectivity index is 1.93. The Kier molecular flexibility index (Phi) is 7.61. The highest BCUT2D eigenvalue weighted by atomic mass is 19.1. The molecule has 2 aromatic carbocycles. The molecule has 6 nitrogen and oxygen atoms in total. The smallest absolute Gasteiger partial charge is 0.248 e. The van der Waals surface area contributed by atoms with Gasteiger partial charge in [0.25, 0.3) is 0 Å². The van der Waals surface area contributed by atoms with Crippen LogP contribution in [0.25, 0.3) is 0 Å². The Morgan fingerprint density at radius 2 is 2.00 bits per heavy atom. The number of halogens is 1. The molecule has 0 aliphatic carbocycles. The van der Waals surface area contributed by atoms with Crippen LogP contribution in [-0.4, -0.2) is 31.1 Å². The van der Waals surface area contributed by atoms with Crippen molar-refractivity contribution in [2.75, 3.05) is 13.1 Å². The molecule has 0 aromatic heterocycles. The number of benzene rings is 2. The molecule has 2 aromatic rings. The number of carbonyl (C=O) groups excluding carboxylic acids is 1. The van der Waals surface area contributed by atoms with E-state index in [9.17, 15) is 9.18 Å². The largest absolute Gasteiger partial charge is 0.489 e. The quantitative estimate of drug-likeness (QED) is 0.491. The third-order valence-corrected chi connectivity index (χ3v) is 3.67. The number of guanidine groups is 1. The van der Waals surface area contributed by atoms with Gasteiger partial charge >= 0.3 is 0 Å². The first-order valence-electron chi connectivity index (χ1n) is 8.81. The van der Waals surface area contributed by atoms with E-state index in [4.69, 9.17) is 10.5 Å². The van der Waals surface area contributed by atoms with Crippen LogP contribution < -0.4 is 21.1 Å². The molecule has 2 rings (SSSR count). The number of carbonyl (C=O) groups is 1. The summed E-state index contributed by atoms with van der Waals surface area (Å²) in [5.74, 6) is 0.307. The molecule has 0 spiro atoms. The Hall–Kier alpha value is -3.09. The van der Waals surface area contributed by atoms with Crippen LogP contribution >= 0.6 is 0 Å². The average molecular weight is 372 g/mol. The molecule has 1 amide bonds. The average Bonchev–Trinajstić information content (AvgIpc) is 2.64. The summed E-state index contributed by atoms with van der Waals surface area (Å²) >= 11 is 0. The van der Waals surface area contributed by atoms with Gasteiger partial charge in [0.1, 0.15) is 17.7 Å². The minimum atomic E-state index is -0.464. The van der Waals surface area contributed by atoms with Gasteiger partial charge in [-0.2, -0.15) is 0 Å². The van der Waals surface area contributed by atoms with Crippen LogP contribution in [-0.2, 0) is 6.54 Å². The van der Waals surface area contributed by atoms with E-state index in [1.807, 2.05) is 19.9 Å². The van der Waals surface area contributed by atoms with Crippen molar-refractivity contribution >= 4 is 11.9 Å². The monoisotopic (exact) mass is 372 g/mol. The van der Waals surface area contributed by atoms with Gasteiger partial charge < -0.3 is 21.1 Å². The van der Waals surface area contributed by atoms with Gasteiger partial charge in [0.15, 0.2) is 5.96 Å². The normalized spacial score (nSPS) is 12.3. The van der Waals surface area contributed by atoms with E-state index in [0.29, 0.717) is 36.9 Å². The first kappa shape index (κ1) is 20.2. The van der Waals surface area contributed by atoms with E-state index < -0.39 is 5.91 Å². The van der Waals surface area contributed by atoms with E-state index in [2.05, 4.69) is 15.6 Å². The lowest BCUT2D eigenvalue weighted by atomic mass is 10.1. The summed E-state index contributed by atoms with van der Waals surface area (Å²) in [6, 6.07) is 13.1. The predicted octanol–water partition coefficient (Wildman–Crippen LogP) is 2.45. The standard InChI is InChI=1S/C20H25FN4O2/c1-3-23-20(25-13-15-6-4-7-16(10-15)19(22)26)24-12-14(2)27-18-9-5-8-17(21)11-18/h4-11,14H,3,12-13H2,1-2H3,(H2,22,26)(H2,23,24,25). The Morgan fingerprint density at radius 3 is 2.70 bits per heavy atom. The lowest BCUT2D eigenvalue weighted by Gasteiger charge is -2.17. The topological polar surface area (TPSA) is 88.7 Å². The van der Waals surface area contributed by atoms with Crippen molar-refractivity contribution in [1.82, 2.24) is 10.6 Å². The lowest BCUT2D eigenvalue weighted by Crippen LogP contribution is -2.41. The lowest BCUT2D eigenvalue weighted by molar-refractivity contribution is 0.1000. The zero-order valence-electron chi connectivity index (χ0n) is 15.5. The fourth-order valence-corrected chi connectivity index (χ4v) is 2.39. The molecule has 0 aliphatic rings. The van der Waals surface area contributed by atoms with Crippen molar-refractivity contribution in [1.29, 1.82) is 0 Å². The molecule has 4 N–H and O–H groups in total. The van der Waals surface area contributed by atoms with Gasteiger partial charge in [0.2, 0.25) is 5.91 Å². The number of nitrogens with zero attached hydrogens (tertiary/aromatic N) is 1. The summed E-state index contributed by atoms with van der Waals surface area (Å²) in [5.41, 5.74) is 6.64. The fraction of sp³-hybridized carbons (Fsp3) is 0.300. The second-order valence-electron chi connectivity index (χ2n) is 6.03. The van der Waals surface area contributed by atoms with E-state index in [-0.39, 0.29) is 11.9 Å². The second kappa shape index (κ2) is 10.2. The minimum Gasteiger partial charge on any atom is -0.489 e. The maximum atomic E-state index is 13.2. The summed E-state index contributed by atoms with van der Waals surface area (Å²) < 4.78 is 18.9. The summed E-state index contributed by atoms with van der Waals surface area (Å²) in [6.45, 7) is 5.45. The zero-order chi connectivity index (χ0) is 19.6. The van der Waals surface area contributed by atoms with Crippen molar-refractivity contribution < 1.29 is 13.9 Å². The number of primary amides is 1. The molecule has 27 heavy (non-hydrogen) atoms. The van der Waals surface area contributed by atoms with E-state index >= 15 is 0 Å². The Labute approximate surface area is 158 Å². The van der Waals surface area contributed by atoms with Crippen LogP contribution in [0.2, 0.25) is 0 Å². The molecule has 1 atom stereocenters.